The van der Waals surface area contributed by atoms with E-state index in [4.69, 9.17) is 0 Å². The molecule has 86 valence electrons. The van der Waals surface area contributed by atoms with Gasteiger partial charge in [-0.05, 0) is 32.0 Å². The number of imidazole rings is 1. The number of aromatic nitrogens is 2. The van der Waals surface area contributed by atoms with E-state index < -0.39 is 0 Å². The maximum Gasteiger partial charge on any atom is 0.0958 e. The molecule has 3 nitrogen and oxygen atoms in total. The molecule has 1 aromatic carbocycles. The molecule has 3 heteroatoms. The van der Waals surface area contributed by atoms with Crippen LogP contribution in [0.2, 0.25) is 0 Å². The largest absolute Gasteiger partial charge is 0.331 e. The molecule has 0 saturated heterocycles. The first-order chi connectivity index (χ1) is 7.81. The second-order valence-corrected chi connectivity index (χ2v) is 4.17. The minimum Gasteiger partial charge on any atom is -0.331 e. The normalized spacial score (nSPS) is 13.1. The average Bonchev–Trinajstić information content (AvgIpc) is 2.70. The SMILES string of the molecule is CCNC(C)CCn1cnc2ccccc21. The standard InChI is InChI=1S/C13H19N3/c1-3-14-11(2)8-9-16-10-15-12-6-4-5-7-13(12)16/h4-7,10-11,14H,3,8-9H2,1-2H3. The first-order valence-electron chi connectivity index (χ1n) is 5.94. The lowest BCUT2D eigenvalue weighted by Crippen LogP contribution is -2.26. The summed E-state index contributed by atoms with van der Waals surface area (Å²) in [5.74, 6) is 0. The van der Waals surface area contributed by atoms with Crippen LogP contribution >= 0.6 is 0 Å². The number of nitrogens with one attached hydrogen (secondary N) is 1. The van der Waals surface area contributed by atoms with E-state index in [2.05, 4.69) is 46.9 Å². The van der Waals surface area contributed by atoms with Crippen LogP contribution in [0.1, 0.15) is 20.3 Å². The number of hydrogen-bond acceptors (Lipinski definition) is 2. The number of fused-ring (bicyclic) bond motifs is 1. The summed E-state index contributed by atoms with van der Waals surface area (Å²) in [6.07, 6.45) is 3.07. The molecular formula is C13H19N3. The Hall–Kier alpha value is -1.35. The van der Waals surface area contributed by atoms with Crippen molar-refractivity contribution in [2.45, 2.75) is 32.9 Å². The average molecular weight is 217 g/mol. The van der Waals surface area contributed by atoms with Crippen molar-refractivity contribution >= 4 is 11.0 Å². The Labute approximate surface area is 96.5 Å². The summed E-state index contributed by atoms with van der Waals surface area (Å²) >= 11 is 0. The zero-order chi connectivity index (χ0) is 11.4. The van der Waals surface area contributed by atoms with Gasteiger partial charge in [0, 0.05) is 12.6 Å². The lowest BCUT2D eigenvalue weighted by atomic mass is 10.2. The molecule has 1 unspecified atom stereocenters. The highest BCUT2D eigenvalue weighted by atomic mass is 15.0. The molecule has 0 amide bonds. The van der Waals surface area contributed by atoms with Gasteiger partial charge in [0.1, 0.15) is 0 Å². The lowest BCUT2D eigenvalue weighted by molar-refractivity contribution is 0.492. The Bertz CT molecular complexity index is 447. The quantitative estimate of drug-likeness (QED) is 0.833. The molecule has 2 rings (SSSR count). The molecule has 0 fully saturated rings. The van der Waals surface area contributed by atoms with Crippen molar-refractivity contribution < 1.29 is 0 Å². The summed E-state index contributed by atoms with van der Waals surface area (Å²) in [4.78, 5) is 4.39. The second-order valence-electron chi connectivity index (χ2n) is 4.17. The molecule has 1 N–H and O–H groups in total. The molecule has 1 heterocycles. The Balaban J connectivity index is 2.04. The van der Waals surface area contributed by atoms with Crippen molar-refractivity contribution in [1.82, 2.24) is 14.9 Å². The zero-order valence-corrected chi connectivity index (χ0v) is 9.98. The van der Waals surface area contributed by atoms with Crippen LogP contribution in [0.4, 0.5) is 0 Å². The van der Waals surface area contributed by atoms with Gasteiger partial charge in [-0.25, -0.2) is 4.98 Å². The van der Waals surface area contributed by atoms with Gasteiger partial charge in [-0.15, -0.1) is 0 Å². The highest BCUT2D eigenvalue weighted by Crippen LogP contribution is 2.12. The number of rotatable bonds is 5. The molecule has 0 spiro atoms. The Kier molecular flexibility index (Phi) is 3.57. The summed E-state index contributed by atoms with van der Waals surface area (Å²) in [5.41, 5.74) is 2.31. The van der Waals surface area contributed by atoms with E-state index in [1.807, 2.05) is 12.4 Å². The van der Waals surface area contributed by atoms with Gasteiger partial charge in [-0.3, -0.25) is 0 Å². The van der Waals surface area contributed by atoms with Crippen molar-refractivity contribution in [3.63, 3.8) is 0 Å². The summed E-state index contributed by atoms with van der Waals surface area (Å²) in [7, 11) is 0. The van der Waals surface area contributed by atoms with Crippen LogP contribution in [0.5, 0.6) is 0 Å². The lowest BCUT2D eigenvalue weighted by Gasteiger charge is -2.12. The molecule has 0 bridgehead atoms. The number of nitrogens with zero attached hydrogens (tertiary/aromatic N) is 2. The van der Waals surface area contributed by atoms with Crippen LogP contribution in [0.3, 0.4) is 0 Å². The summed E-state index contributed by atoms with van der Waals surface area (Å²) < 4.78 is 2.23. The molecule has 0 aliphatic carbocycles. The van der Waals surface area contributed by atoms with Crippen LogP contribution in [0.25, 0.3) is 11.0 Å². The van der Waals surface area contributed by atoms with Crippen LogP contribution in [0.15, 0.2) is 30.6 Å². The van der Waals surface area contributed by atoms with Crippen molar-refractivity contribution in [1.29, 1.82) is 0 Å². The third-order valence-corrected chi connectivity index (χ3v) is 2.88. The third kappa shape index (κ3) is 2.42. The predicted molar refractivity (Wildman–Crippen MR) is 67.5 cm³/mol. The van der Waals surface area contributed by atoms with Gasteiger partial charge < -0.3 is 9.88 Å². The number of hydrogen-bond donors (Lipinski definition) is 1. The Morgan fingerprint density at radius 3 is 3.00 bits per heavy atom. The van der Waals surface area contributed by atoms with Crippen molar-refractivity contribution in [2.24, 2.45) is 0 Å². The molecule has 0 radical (unpaired) electrons. The first kappa shape index (κ1) is 11.1. The van der Waals surface area contributed by atoms with E-state index in [0.29, 0.717) is 6.04 Å². The predicted octanol–water partition coefficient (Wildman–Crippen LogP) is 2.42. The minimum absolute atomic E-state index is 0.561. The zero-order valence-electron chi connectivity index (χ0n) is 9.98. The van der Waals surface area contributed by atoms with E-state index in [1.165, 1.54) is 5.52 Å². The van der Waals surface area contributed by atoms with Gasteiger partial charge in [0.05, 0.1) is 17.4 Å². The monoisotopic (exact) mass is 217 g/mol. The fraction of sp³-hybridized carbons (Fsp3) is 0.462. The molecule has 0 aliphatic heterocycles. The first-order valence-corrected chi connectivity index (χ1v) is 5.94. The van der Waals surface area contributed by atoms with Crippen LogP contribution in [0, 0.1) is 0 Å². The number of para-hydroxylation sites is 2. The van der Waals surface area contributed by atoms with Gasteiger partial charge in [0.2, 0.25) is 0 Å². The van der Waals surface area contributed by atoms with Gasteiger partial charge in [0.15, 0.2) is 0 Å². The van der Waals surface area contributed by atoms with E-state index in [9.17, 15) is 0 Å². The van der Waals surface area contributed by atoms with Crippen molar-refractivity contribution in [2.75, 3.05) is 6.54 Å². The van der Waals surface area contributed by atoms with Crippen molar-refractivity contribution in [3.05, 3.63) is 30.6 Å². The van der Waals surface area contributed by atoms with E-state index in [1.54, 1.807) is 0 Å². The fourth-order valence-electron chi connectivity index (χ4n) is 1.97. The van der Waals surface area contributed by atoms with Gasteiger partial charge in [-0.1, -0.05) is 19.1 Å². The molecule has 1 atom stereocenters. The summed E-state index contributed by atoms with van der Waals surface area (Å²) in [6, 6.07) is 8.83. The van der Waals surface area contributed by atoms with Crippen LogP contribution < -0.4 is 5.32 Å². The molecule has 0 saturated carbocycles. The van der Waals surface area contributed by atoms with Gasteiger partial charge >= 0.3 is 0 Å². The minimum atomic E-state index is 0.561. The number of aryl methyl sites for hydroxylation is 1. The van der Waals surface area contributed by atoms with Crippen molar-refractivity contribution in [3.8, 4) is 0 Å². The summed E-state index contributed by atoms with van der Waals surface area (Å²) in [5, 5.41) is 3.42. The highest BCUT2D eigenvalue weighted by molar-refractivity contribution is 5.74. The Morgan fingerprint density at radius 1 is 1.38 bits per heavy atom. The van der Waals surface area contributed by atoms with E-state index in [-0.39, 0.29) is 0 Å². The second kappa shape index (κ2) is 5.12. The third-order valence-electron chi connectivity index (χ3n) is 2.88. The van der Waals surface area contributed by atoms with Gasteiger partial charge in [0.25, 0.3) is 0 Å². The molecule has 1 aromatic heterocycles. The van der Waals surface area contributed by atoms with E-state index >= 15 is 0 Å². The maximum absolute atomic E-state index is 4.39. The van der Waals surface area contributed by atoms with Crippen LogP contribution in [-0.2, 0) is 6.54 Å². The maximum atomic E-state index is 4.39. The van der Waals surface area contributed by atoms with Gasteiger partial charge in [-0.2, -0.15) is 0 Å². The summed E-state index contributed by atoms with van der Waals surface area (Å²) in [6.45, 7) is 6.42. The van der Waals surface area contributed by atoms with Crippen LogP contribution in [-0.4, -0.2) is 22.1 Å². The molecule has 16 heavy (non-hydrogen) atoms. The Morgan fingerprint density at radius 2 is 2.19 bits per heavy atom. The molecular weight excluding hydrogens is 198 g/mol. The molecule has 2 aromatic rings. The fourth-order valence-corrected chi connectivity index (χ4v) is 1.97. The molecule has 0 aliphatic rings. The van der Waals surface area contributed by atoms with E-state index in [0.717, 1.165) is 25.0 Å². The topological polar surface area (TPSA) is 29.9 Å². The smallest absolute Gasteiger partial charge is 0.0958 e. The number of benzene rings is 1. The highest BCUT2D eigenvalue weighted by Gasteiger charge is 2.03.